The number of nitrogens with one attached hydrogen (secondary N) is 3. The van der Waals surface area contributed by atoms with Crippen LogP contribution in [-0.4, -0.2) is 260 Å². The normalized spacial score (nSPS) is 26.3. The van der Waals surface area contributed by atoms with Crippen molar-refractivity contribution in [2.24, 2.45) is 17.3 Å². The molecule has 7 atom stereocenters. The first-order chi connectivity index (χ1) is 44.7. The Labute approximate surface area is 553 Å². The molecule has 3 heterocycles. The van der Waals surface area contributed by atoms with Gasteiger partial charge in [-0.1, -0.05) is 64.5 Å². The summed E-state index contributed by atoms with van der Waals surface area (Å²) in [6, 6.07) is -4.81. The zero-order chi connectivity index (χ0) is 70.4. The van der Waals surface area contributed by atoms with Crippen LogP contribution in [-0.2, 0) is 79.6 Å². The number of likely N-dealkylation sites (N-methyl/N-ethyl adjacent to an activating group) is 6. The first-order valence-corrected chi connectivity index (χ1v) is 32.4. The van der Waals surface area contributed by atoms with Crippen LogP contribution in [0.3, 0.4) is 0 Å². The number of carbonyl (C=O) groups is 12. The van der Waals surface area contributed by atoms with Crippen LogP contribution < -0.4 is 20.7 Å². The molecule has 26 nitrogen and oxygen atoms in total. The maximum Gasteiger partial charge on any atom is 0.419 e. The monoisotopic (exact) mass is 1340 g/mol. The number of methoxy groups -OCH3 is 1. The van der Waals surface area contributed by atoms with Crippen molar-refractivity contribution in [2.75, 3.05) is 108 Å². The van der Waals surface area contributed by atoms with Crippen molar-refractivity contribution in [3.63, 3.8) is 0 Å². The molecule has 0 radical (unpaired) electrons. The van der Waals surface area contributed by atoms with Gasteiger partial charge in [0.25, 0.3) is 0 Å². The van der Waals surface area contributed by atoms with E-state index in [0.717, 1.165) is 56.6 Å². The van der Waals surface area contributed by atoms with Gasteiger partial charge in [0.05, 0.1) is 45.3 Å². The van der Waals surface area contributed by atoms with Crippen LogP contribution >= 0.6 is 0 Å². The van der Waals surface area contributed by atoms with Gasteiger partial charge in [-0.25, -0.2) is 0 Å². The Bertz CT molecular complexity index is 3060. The highest BCUT2D eigenvalue weighted by atomic mass is 19.4. The van der Waals surface area contributed by atoms with Gasteiger partial charge in [0.1, 0.15) is 54.1 Å². The van der Waals surface area contributed by atoms with E-state index in [1.165, 1.54) is 69.1 Å². The maximum atomic E-state index is 15.4. The second-order valence-corrected chi connectivity index (χ2v) is 26.6. The highest BCUT2D eigenvalue weighted by molar-refractivity contribution is 6.00. The van der Waals surface area contributed by atoms with E-state index in [9.17, 15) is 56.3 Å². The van der Waals surface area contributed by atoms with Crippen LogP contribution in [0, 0.1) is 17.3 Å². The minimum atomic E-state index is -4.78. The molecule has 2 bridgehead atoms. The SMILES string of the molecule is C=CCOC(=O)C[C@H]1C(=O)N(C)CC(=O)N[C@H](CCc2ccc(C(F)(F)F)c(OC)c2)C(=O)N2C[C@@H](C)C[C@H]2C(=O)NC2(CC(C)(C)C2)C(=O)N(C)[C@@H](C2CCCC2)C(=O)N(C)CCC(=O)N(C)[C@H](COCC)C(=O)NCC(=O)N(C)CC(=O)N(C)[C@H]2C/C=C\CCN1C2=O. The van der Waals surface area contributed by atoms with Crippen LogP contribution in [0.2, 0.25) is 0 Å². The molecular formula is C66H96F3N11O15. The van der Waals surface area contributed by atoms with Gasteiger partial charge in [0.2, 0.25) is 65.0 Å². The lowest BCUT2D eigenvalue weighted by molar-refractivity contribution is -0.159. The van der Waals surface area contributed by atoms with E-state index < -0.39 is 162 Å². The number of amides is 11. The van der Waals surface area contributed by atoms with Gasteiger partial charge in [-0.2, -0.15) is 13.2 Å². The van der Waals surface area contributed by atoms with E-state index in [1.54, 1.807) is 19.1 Å². The fourth-order valence-electron chi connectivity index (χ4n) is 13.7. The molecule has 3 aliphatic heterocycles. The molecule has 2 saturated heterocycles. The Morgan fingerprint density at radius 1 is 0.768 bits per heavy atom. The molecule has 11 amide bonds. The second-order valence-electron chi connectivity index (χ2n) is 26.6. The largest absolute Gasteiger partial charge is 0.496 e. The summed E-state index contributed by atoms with van der Waals surface area (Å²) in [5, 5.41) is 8.28. The van der Waals surface area contributed by atoms with Crippen molar-refractivity contribution >= 4 is 70.9 Å². The number of esters is 1. The average molecular weight is 1340 g/mol. The number of hydrogen-bond donors (Lipinski definition) is 3. The Hall–Kier alpha value is -8.11. The van der Waals surface area contributed by atoms with E-state index in [-0.39, 0.29) is 108 Å². The fraction of sp³-hybridized carbons (Fsp3) is 0.667. The van der Waals surface area contributed by atoms with Crippen LogP contribution in [0.4, 0.5) is 13.2 Å². The quantitative estimate of drug-likeness (QED) is 0.200. The molecule has 29 heteroatoms. The van der Waals surface area contributed by atoms with Gasteiger partial charge in [0.15, 0.2) is 0 Å². The lowest BCUT2D eigenvalue weighted by Gasteiger charge is -2.54. The molecule has 2 aliphatic carbocycles. The van der Waals surface area contributed by atoms with Gasteiger partial charge in [-0.15, -0.1) is 0 Å². The summed E-state index contributed by atoms with van der Waals surface area (Å²) < 4.78 is 58.1. The third kappa shape index (κ3) is 19.1. The van der Waals surface area contributed by atoms with Crippen LogP contribution in [0.15, 0.2) is 43.0 Å². The third-order valence-electron chi connectivity index (χ3n) is 18.7. The fourth-order valence-corrected chi connectivity index (χ4v) is 13.7. The molecule has 4 fully saturated rings. The van der Waals surface area contributed by atoms with Crippen molar-refractivity contribution in [1.29, 1.82) is 0 Å². The van der Waals surface area contributed by atoms with E-state index >= 15 is 14.4 Å². The van der Waals surface area contributed by atoms with E-state index in [0.29, 0.717) is 12.8 Å². The second kappa shape index (κ2) is 33.0. The number of carbonyl (C=O) groups excluding carboxylic acids is 12. The average Bonchev–Trinajstić information content (AvgIpc) is 1.30. The van der Waals surface area contributed by atoms with Gasteiger partial charge in [-0.05, 0) is 99.7 Å². The molecule has 6 rings (SSSR count). The highest BCUT2D eigenvalue weighted by Gasteiger charge is 2.59. The molecule has 0 unspecified atom stereocenters. The Morgan fingerprint density at radius 2 is 1.45 bits per heavy atom. The molecule has 1 aromatic carbocycles. The lowest BCUT2D eigenvalue weighted by Crippen LogP contribution is -2.71. The third-order valence-corrected chi connectivity index (χ3v) is 18.7. The molecule has 2 saturated carbocycles. The smallest absolute Gasteiger partial charge is 0.419 e. The summed E-state index contributed by atoms with van der Waals surface area (Å²) >= 11 is 0. The minimum absolute atomic E-state index is 0.00926. The van der Waals surface area contributed by atoms with Crippen molar-refractivity contribution < 1.29 is 84.9 Å². The van der Waals surface area contributed by atoms with E-state index in [2.05, 4.69) is 22.5 Å². The van der Waals surface area contributed by atoms with Crippen molar-refractivity contribution in [2.45, 2.75) is 159 Å². The zero-order valence-corrected chi connectivity index (χ0v) is 56.7. The Kier molecular flexibility index (Phi) is 26.4. The summed E-state index contributed by atoms with van der Waals surface area (Å²) in [6.45, 7) is 8.19. The van der Waals surface area contributed by atoms with Crippen LogP contribution in [0.25, 0.3) is 0 Å². The number of rotatable bonds is 12. The zero-order valence-electron chi connectivity index (χ0n) is 56.7. The predicted octanol–water partition coefficient (Wildman–Crippen LogP) is 2.31. The number of ether oxygens (including phenoxy) is 3. The van der Waals surface area contributed by atoms with Gasteiger partial charge >= 0.3 is 12.1 Å². The molecule has 1 spiro atoms. The number of nitrogens with zero attached hydrogens (tertiary/aromatic N) is 8. The Balaban J connectivity index is 1.41. The summed E-state index contributed by atoms with van der Waals surface area (Å²) in [5.41, 5.74) is -2.81. The molecule has 526 valence electrons. The Morgan fingerprint density at radius 3 is 2.08 bits per heavy atom. The minimum Gasteiger partial charge on any atom is -0.496 e. The topological polar surface area (TPSA) is 295 Å². The van der Waals surface area contributed by atoms with E-state index in [4.69, 9.17) is 14.2 Å². The molecular weight excluding hydrogens is 1240 g/mol. The molecule has 95 heavy (non-hydrogen) atoms. The van der Waals surface area contributed by atoms with Gasteiger partial charge < -0.3 is 69.4 Å². The number of halogens is 3. The summed E-state index contributed by atoms with van der Waals surface area (Å²) in [4.78, 5) is 183. The number of fused-ring (bicyclic) bond motifs is 3. The summed E-state index contributed by atoms with van der Waals surface area (Å²) in [5.74, 6) is -9.96. The molecule has 3 N–H and O–H groups in total. The summed E-state index contributed by atoms with van der Waals surface area (Å²) in [7, 11) is 9.32. The number of alkyl halides is 3. The first-order valence-electron chi connectivity index (χ1n) is 32.4. The predicted molar refractivity (Wildman–Crippen MR) is 340 cm³/mol. The molecule has 1 aromatic rings. The van der Waals surface area contributed by atoms with Crippen molar-refractivity contribution in [3.05, 3.63) is 54.1 Å². The van der Waals surface area contributed by atoms with Gasteiger partial charge in [-0.3, -0.25) is 57.5 Å². The van der Waals surface area contributed by atoms with Gasteiger partial charge in [0, 0.05) is 74.9 Å². The first kappa shape index (κ1) is 75.9. The van der Waals surface area contributed by atoms with Crippen LogP contribution in [0.5, 0.6) is 5.75 Å². The molecule has 5 aliphatic rings. The number of benzene rings is 1. The molecule has 0 aromatic heterocycles. The van der Waals surface area contributed by atoms with Crippen molar-refractivity contribution in [3.8, 4) is 5.75 Å². The summed E-state index contributed by atoms with van der Waals surface area (Å²) in [6.07, 6.45) is 1.78. The number of hydrogen-bond acceptors (Lipinski definition) is 15. The number of aryl methyl sites for hydroxylation is 1. The highest BCUT2D eigenvalue weighted by Crippen LogP contribution is 2.50. The maximum absolute atomic E-state index is 15.4. The van der Waals surface area contributed by atoms with E-state index in [1.807, 2.05) is 20.8 Å². The van der Waals surface area contributed by atoms with Crippen LogP contribution in [0.1, 0.15) is 116 Å². The van der Waals surface area contributed by atoms with Crippen molar-refractivity contribution in [1.82, 2.24) is 55.1 Å². The standard InChI is InChI=1S/C66H96F3N11O15/c1-13-30-95-55(85)33-48-60(89)75(8)36-51(81)71-45(26-24-42-23-25-44(66(67,68)69)50(32-42)93-12)59(88)80-35-41(3)31-47(80)58(87)72-65(39-64(4,5)40-65)63(92)78(11)56(43-20-17-18-21-43)62(91)73(6)29-27-52(82)77(10)49(38-94-14-2)57(86)70-34-53(83)74(7)37-54(84)76(9)46-22-16-15-19-28-79(48)61(46)90/h13,15-16,23,25,32,41,43,45-49,56H,1,14,17-22,24,26-31,33-40H2,2-12H3,(H,70,86)(H,71,81)(H,72,87)/b16-15-/t41-,45+,46-,47-,48-,49+,56-/m0/s1. The lowest BCUT2D eigenvalue weighted by atomic mass is 9.58.